The largest absolute Gasteiger partial charge is 0.340 e. The van der Waals surface area contributed by atoms with Crippen LogP contribution in [0.25, 0.3) is 0 Å². The molecule has 164 valence electrons. The summed E-state index contributed by atoms with van der Waals surface area (Å²) in [4.78, 5) is 16.2. The van der Waals surface area contributed by atoms with Crippen molar-refractivity contribution in [2.45, 2.75) is 68.4 Å². The Morgan fingerprint density at radius 1 is 1.16 bits per heavy atom. The standard InChI is InChI=1S/C24H30N4OS2/c1-18(23(29)27(2)17-19-10-5-3-6-11-19)31-24-26-25-22(16-21-14-9-15-30-21)28(24)20-12-7-4-8-13-20/h3,5-6,9-11,14-15,18,20H,4,7-8,12-13,16-17H2,1-2H3. The summed E-state index contributed by atoms with van der Waals surface area (Å²) in [5.41, 5.74) is 1.14. The lowest BCUT2D eigenvalue weighted by molar-refractivity contribution is -0.129. The molecule has 7 heteroatoms. The second-order valence-corrected chi connectivity index (χ2v) is 10.6. The molecule has 3 aromatic rings. The number of benzene rings is 1. The van der Waals surface area contributed by atoms with Crippen molar-refractivity contribution in [1.29, 1.82) is 0 Å². The van der Waals surface area contributed by atoms with Crippen molar-refractivity contribution in [2.75, 3.05) is 7.05 Å². The molecule has 1 fully saturated rings. The number of amides is 1. The number of aromatic nitrogens is 3. The van der Waals surface area contributed by atoms with Gasteiger partial charge in [-0.05, 0) is 36.8 Å². The van der Waals surface area contributed by atoms with E-state index >= 15 is 0 Å². The van der Waals surface area contributed by atoms with E-state index in [1.54, 1.807) is 28.0 Å². The lowest BCUT2D eigenvalue weighted by Gasteiger charge is -2.26. The maximum Gasteiger partial charge on any atom is 0.235 e. The van der Waals surface area contributed by atoms with Gasteiger partial charge in [0.25, 0.3) is 0 Å². The number of thioether (sulfide) groups is 1. The highest BCUT2D eigenvalue weighted by atomic mass is 32.2. The predicted molar refractivity (Wildman–Crippen MR) is 128 cm³/mol. The average Bonchev–Trinajstić information content (AvgIpc) is 3.45. The van der Waals surface area contributed by atoms with Gasteiger partial charge >= 0.3 is 0 Å². The zero-order valence-electron chi connectivity index (χ0n) is 18.2. The smallest absolute Gasteiger partial charge is 0.235 e. The van der Waals surface area contributed by atoms with E-state index in [-0.39, 0.29) is 11.2 Å². The van der Waals surface area contributed by atoms with E-state index in [9.17, 15) is 4.79 Å². The van der Waals surface area contributed by atoms with Crippen molar-refractivity contribution in [3.05, 3.63) is 64.1 Å². The summed E-state index contributed by atoms with van der Waals surface area (Å²) < 4.78 is 2.34. The minimum absolute atomic E-state index is 0.117. The molecule has 31 heavy (non-hydrogen) atoms. The van der Waals surface area contributed by atoms with Crippen LogP contribution in [-0.2, 0) is 17.8 Å². The van der Waals surface area contributed by atoms with Crippen LogP contribution in [0.5, 0.6) is 0 Å². The van der Waals surface area contributed by atoms with Crippen LogP contribution < -0.4 is 0 Å². The fraction of sp³-hybridized carbons (Fsp3) is 0.458. The second-order valence-electron chi connectivity index (χ2n) is 8.26. The molecular weight excluding hydrogens is 424 g/mol. The third kappa shape index (κ3) is 5.57. The number of nitrogens with zero attached hydrogens (tertiary/aromatic N) is 4. The predicted octanol–water partition coefficient (Wildman–Crippen LogP) is 5.57. The number of rotatable bonds is 8. The Bertz CT molecular complexity index is 965. The summed E-state index contributed by atoms with van der Waals surface area (Å²) in [5.74, 6) is 1.14. The van der Waals surface area contributed by atoms with Crippen LogP contribution in [0.15, 0.2) is 53.0 Å². The number of hydrogen-bond donors (Lipinski definition) is 0. The topological polar surface area (TPSA) is 51.0 Å². The maximum atomic E-state index is 13.1. The van der Waals surface area contributed by atoms with Gasteiger partial charge in [-0.3, -0.25) is 4.79 Å². The molecule has 1 aliphatic carbocycles. The minimum atomic E-state index is -0.213. The molecule has 0 N–H and O–H groups in total. The minimum Gasteiger partial charge on any atom is -0.340 e. The Labute approximate surface area is 192 Å². The van der Waals surface area contributed by atoms with Crippen LogP contribution in [0.2, 0.25) is 0 Å². The third-order valence-corrected chi connectivity index (χ3v) is 7.78. The van der Waals surface area contributed by atoms with E-state index < -0.39 is 0 Å². The lowest BCUT2D eigenvalue weighted by atomic mass is 9.95. The Morgan fingerprint density at radius 3 is 2.65 bits per heavy atom. The molecule has 1 aliphatic rings. The zero-order valence-corrected chi connectivity index (χ0v) is 19.9. The normalized spacial score (nSPS) is 15.7. The van der Waals surface area contributed by atoms with Gasteiger partial charge in [-0.2, -0.15) is 0 Å². The zero-order chi connectivity index (χ0) is 21.6. The van der Waals surface area contributed by atoms with E-state index in [1.165, 1.54) is 37.0 Å². The molecule has 1 unspecified atom stereocenters. The molecule has 0 saturated heterocycles. The third-order valence-electron chi connectivity index (χ3n) is 5.86. The molecule has 0 spiro atoms. The van der Waals surface area contributed by atoms with Gasteiger partial charge in [-0.25, -0.2) is 0 Å². The summed E-state index contributed by atoms with van der Waals surface area (Å²) in [6, 6.07) is 14.8. The van der Waals surface area contributed by atoms with Gasteiger partial charge in [0.15, 0.2) is 5.16 Å². The van der Waals surface area contributed by atoms with Crippen molar-refractivity contribution >= 4 is 29.0 Å². The molecule has 1 amide bonds. The van der Waals surface area contributed by atoms with E-state index in [1.807, 2.05) is 32.2 Å². The first-order valence-electron chi connectivity index (χ1n) is 11.0. The Morgan fingerprint density at radius 2 is 1.94 bits per heavy atom. The Balaban J connectivity index is 1.49. The Kier molecular flexibility index (Phi) is 7.45. The van der Waals surface area contributed by atoms with Crippen molar-refractivity contribution in [1.82, 2.24) is 19.7 Å². The first-order chi connectivity index (χ1) is 15.1. The molecule has 2 aromatic heterocycles. The summed E-state index contributed by atoms with van der Waals surface area (Å²) in [6.07, 6.45) is 6.94. The molecule has 0 bridgehead atoms. The van der Waals surface area contributed by atoms with Crippen molar-refractivity contribution < 1.29 is 4.79 Å². The molecule has 5 nitrogen and oxygen atoms in total. The first-order valence-corrected chi connectivity index (χ1v) is 12.8. The summed E-state index contributed by atoms with van der Waals surface area (Å²) in [7, 11) is 1.88. The molecular formula is C24H30N4OS2. The average molecular weight is 455 g/mol. The van der Waals surface area contributed by atoms with Gasteiger partial charge in [0.2, 0.25) is 5.91 Å². The lowest BCUT2D eigenvalue weighted by Crippen LogP contribution is -2.33. The van der Waals surface area contributed by atoms with Gasteiger partial charge < -0.3 is 9.47 Å². The number of carbonyl (C=O) groups excluding carboxylic acids is 1. The summed E-state index contributed by atoms with van der Waals surface area (Å²) in [6.45, 7) is 2.59. The highest BCUT2D eigenvalue weighted by Gasteiger charge is 2.27. The summed E-state index contributed by atoms with van der Waals surface area (Å²) >= 11 is 3.30. The van der Waals surface area contributed by atoms with E-state index in [2.05, 4.69) is 44.4 Å². The van der Waals surface area contributed by atoms with Gasteiger partial charge in [0.1, 0.15) is 5.82 Å². The summed E-state index contributed by atoms with van der Waals surface area (Å²) in [5, 5.41) is 11.9. The van der Waals surface area contributed by atoms with Gasteiger partial charge in [0, 0.05) is 30.9 Å². The Hall–Kier alpha value is -2.12. The van der Waals surface area contributed by atoms with Gasteiger partial charge in [-0.1, -0.05) is 67.4 Å². The SMILES string of the molecule is CC(Sc1nnc(Cc2cccs2)n1C1CCCCC1)C(=O)N(C)Cc1ccccc1. The van der Waals surface area contributed by atoms with Crippen LogP contribution in [0.4, 0.5) is 0 Å². The molecule has 1 aromatic carbocycles. The monoisotopic (exact) mass is 454 g/mol. The van der Waals surface area contributed by atoms with Crippen molar-refractivity contribution in [2.24, 2.45) is 0 Å². The van der Waals surface area contributed by atoms with Crippen LogP contribution in [0.3, 0.4) is 0 Å². The highest BCUT2D eigenvalue weighted by molar-refractivity contribution is 8.00. The van der Waals surface area contributed by atoms with Crippen molar-refractivity contribution in [3.8, 4) is 0 Å². The van der Waals surface area contributed by atoms with Crippen LogP contribution >= 0.6 is 23.1 Å². The number of hydrogen-bond acceptors (Lipinski definition) is 5. The number of thiophene rings is 1. The van der Waals surface area contributed by atoms with Crippen LogP contribution in [0.1, 0.15) is 61.3 Å². The second kappa shape index (κ2) is 10.5. The first kappa shape index (κ1) is 22.1. The van der Waals surface area contributed by atoms with E-state index in [4.69, 9.17) is 0 Å². The quantitative estimate of drug-likeness (QED) is 0.417. The number of carbonyl (C=O) groups is 1. The van der Waals surface area contributed by atoms with Crippen LogP contribution in [-0.4, -0.2) is 37.9 Å². The molecule has 2 heterocycles. The van der Waals surface area contributed by atoms with Crippen molar-refractivity contribution in [3.63, 3.8) is 0 Å². The molecule has 0 aliphatic heterocycles. The van der Waals surface area contributed by atoms with Crippen LogP contribution in [0, 0.1) is 0 Å². The highest BCUT2D eigenvalue weighted by Crippen LogP contribution is 2.35. The van der Waals surface area contributed by atoms with E-state index in [0.717, 1.165) is 23.0 Å². The van der Waals surface area contributed by atoms with Gasteiger partial charge in [-0.15, -0.1) is 21.5 Å². The molecule has 0 radical (unpaired) electrons. The maximum absolute atomic E-state index is 13.1. The molecule has 4 rings (SSSR count). The van der Waals surface area contributed by atoms with Gasteiger partial charge in [0.05, 0.1) is 5.25 Å². The fourth-order valence-electron chi connectivity index (χ4n) is 4.24. The molecule has 1 atom stereocenters. The van der Waals surface area contributed by atoms with E-state index in [0.29, 0.717) is 12.6 Å². The fourth-order valence-corrected chi connectivity index (χ4v) is 5.99. The molecule has 1 saturated carbocycles.